The van der Waals surface area contributed by atoms with Gasteiger partial charge in [-0.1, -0.05) is 29.8 Å². The van der Waals surface area contributed by atoms with Crippen LogP contribution in [0.5, 0.6) is 0 Å². The van der Waals surface area contributed by atoms with Crippen LogP contribution in [0.4, 0.5) is 15.8 Å². The first-order chi connectivity index (χ1) is 9.19. The summed E-state index contributed by atoms with van der Waals surface area (Å²) in [5, 5.41) is 3.33. The molecule has 4 N–H and O–H groups in total. The van der Waals surface area contributed by atoms with Gasteiger partial charge in [-0.25, -0.2) is 15.2 Å². The molecular formula is C13H12ClFN4. The molecule has 98 valence electrons. The molecule has 4 nitrogen and oxygen atoms in total. The maximum atomic E-state index is 13.5. The van der Waals surface area contributed by atoms with Crippen LogP contribution in [-0.4, -0.2) is 5.96 Å². The van der Waals surface area contributed by atoms with Crippen LogP contribution in [0.15, 0.2) is 53.5 Å². The molecule has 2 aromatic carbocycles. The van der Waals surface area contributed by atoms with Crippen molar-refractivity contribution in [3.63, 3.8) is 0 Å². The molecule has 0 unspecified atom stereocenters. The van der Waals surface area contributed by atoms with Crippen LogP contribution in [-0.2, 0) is 0 Å². The summed E-state index contributed by atoms with van der Waals surface area (Å²) in [4.78, 5) is 4.04. The quantitative estimate of drug-likeness (QED) is 0.342. The van der Waals surface area contributed by atoms with E-state index in [1.54, 1.807) is 0 Å². The molecular weight excluding hydrogens is 267 g/mol. The lowest BCUT2D eigenvalue weighted by atomic mass is 10.3. The van der Waals surface area contributed by atoms with Crippen molar-refractivity contribution in [1.82, 2.24) is 5.43 Å². The predicted octanol–water partition coefficient (Wildman–Crippen LogP) is 3.04. The van der Waals surface area contributed by atoms with Crippen molar-refractivity contribution >= 4 is 28.9 Å². The van der Waals surface area contributed by atoms with E-state index in [9.17, 15) is 4.39 Å². The third-order valence-electron chi connectivity index (χ3n) is 2.31. The molecule has 0 heterocycles. The molecule has 0 amide bonds. The fourth-order valence-corrected chi connectivity index (χ4v) is 1.61. The molecule has 0 aromatic heterocycles. The number of nitrogens with one attached hydrogen (secondary N) is 2. The molecule has 0 aliphatic carbocycles. The first-order valence-electron chi connectivity index (χ1n) is 5.51. The Morgan fingerprint density at radius 1 is 1.16 bits per heavy atom. The van der Waals surface area contributed by atoms with E-state index in [4.69, 9.17) is 17.4 Å². The van der Waals surface area contributed by atoms with Crippen molar-refractivity contribution in [2.75, 3.05) is 5.32 Å². The second kappa shape index (κ2) is 6.17. The van der Waals surface area contributed by atoms with Crippen LogP contribution in [0, 0.1) is 5.82 Å². The number of hydrogen-bond donors (Lipinski definition) is 3. The van der Waals surface area contributed by atoms with Crippen LogP contribution in [0.3, 0.4) is 0 Å². The molecule has 0 saturated heterocycles. The highest BCUT2D eigenvalue weighted by atomic mass is 35.5. The van der Waals surface area contributed by atoms with Gasteiger partial charge in [0.05, 0.1) is 0 Å². The lowest BCUT2D eigenvalue weighted by molar-refractivity contribution is 0.630. The van der Waals surface area contributed by atoms with Gasteiger partial charge in [0.25, 0.3) is 0 Å². The van der Waals surface area contributed by atoms with E-state index in [-0.39, 0.29) is 11.6 Å². The Hall–Kier alpha value is -2.11. The fourth-order valence-electron chi connectivity index (χ4n) is 1.45. The average molecular weight is 279 g/mol. The van der Waals surface area contributed by atoms with Gasteiger partial charge in [0.1, 0.15) is 11.5 Å². The summed E-state index contributed by atoms with van der Waals surface area (Å²) in [6.45, 7) is 0. The van der Waals surface area contributed by atoms with Crippen LogP contribution in [0.1, 0.15) is 0 Å². The highest BCUT2D eigenvalue weighted by Crippen LogP contribution is 2.22. The minimum absolute atomic E-state index is 0.101. The van der Waals surface area contributed by atoms with E-state index >= 15 is 0 Å². The maximum absolute atomic E-state index is 13.5. The van der Waals surface area contributed by atoms with Crippen molar-refractivity contribution in [3.8, 4) is 0 Å². The number of nitrogens with zero attached hydrogens (tertiary/aromatic N) is 1. The Morgan fingerprint density at radius 2 is 1.89 bits per heavy atom. The average Bonchev–Trinajstić information content (AvgIpc) is 2.43. The van der Waals surface area contributed by atoms with Gasteiger partial charge in [-0.15, -0.1) is 0 Å². The van der Waals surface area contributed by atoms with Crippen LogP contribution in [0.25, 0.3) is 0 Å². The van der Waals surface area contributed by atoms with E-state index < -0.39 is 5.82 Å². The summed E-state index contributed by atoms with van der Waals surface area (Å²) in [5.74, 6) is 5.09. The van der Waals surface area contributed by atoms with Crippen LogP contribution >= 0.6 is 11.6 Å². The van der Waals surface area contributed by atoms with Gasteiger partial charge in [-0.05, 0) is 30.3 Å². The zero-order valence-electron chi connectivity index (χ0n) is 9.90. The molecule has 0 aliphatic rings. The number of halogens is 2. The molecule has 0 radical (unpaired) electrons. The third kappa shape index (κ3) is 3.67. The summed E-state index contributed by atoms with van der Waals surface area (Å²) in [6.07, 6.45) is 0. The van der Waals surface area contributed by atoms with Gasteiger partial charge in [0.15, 0.2) is 0 Å². The highest BCUT2D eigenvalue weighted by molar-refractivity contribution is 6.30. The smallest absolute Gasteiger partial charge is 0.215 e. The van der Waals surface area contributed by atoms with Gasteiger partial charge in [0.2, 0.25) is 5.96 Å². The number of rotatable bonds is 2. The van der Waals surface area contributed by atoms with Crippen LogP contribution < -0.4 is 16.6 Å². The van der Waals surface area contributed by atoms with E-state index in [1.807, 2.05) is 30.3 Å². The number of benzene rings is 2. The Labute approximate surface area is 115 Å². The van der Waals surface area contributed by atoms with E-state index in [0.717, 1.165) is 5.69 Å². The molecule has 0 bridgehead atoms. The predicted molar refractivity (Wildman–Crippen MR) is 75.9 cm³/mol. The second-order valence-electron chi connectivity index (χ2n) is 3.69. The minimum atomic E-state index is -0.480. The standard InChI is InChI=1S/C13H12ClFN4/c14-9-6-7-11(15)12(8-9)18-13(19-16)17-10-4-2-1-3-5-10/h1-8H,16H2,(H2,17,18,19). The monoisotopic (exact) mass is 278 g/mol. The molecule has 2 aromatic rings. The largest absolute Gasteiger partial charge is 0.325 e. The first-order valence-corrected chi connectivity index (χ1v) is 5.89. The summed E-state index contributed by atoms with van der Waals surface area (Å²) in [5.41, 5.74) is 3.25. The lowest BCUT2D eigenvalue weighted by Crippen LogP contribution is -2.36. The summed E-state index contributed by atoms with van der Waals surface area (Å²) >= 11 is 5.80. The van der Waals surface area contributed by atoms with Crippen LogP contribution in [0.2, 0.25) is 5.02 Å². The van der Waals surface area contributed by atoms with Gasteiger partial charge in [0, 0.05) is 10.7 Å². The normalized spacial score (nSPS) is 11.2. The van der Waals surface area contributed by atoms with E-state index in [0.29, 0.717) is 5.02 Å². The Morgan fingerprint density at radius 3 is 2.58 bits per heavy atom. The highest BCUT2D eigenvalue weighted by Gasteiger charge is 2.04. The molecule has 19 heavy (non-hydrogen) atoms. The lowest BCUT2D eigenvalue weighted by Gasteiger charge is -2.09. The number of hydrogen-bond acceptors (Lipinski definition) is 2. The summed E-state index contributed by atoms with van der Waals surface area (Å²) in [7, 11) is 0. The van der Waals surface area contributed by atoms with Gasteiger partial charge < -0.3 is 5.32 Å². The molecule has 6 heteroatoms. The number of guanidine groups is 1. The minimum Gasteiger partial charge on any atom is -0.325 e. The number of anilines is 1. The molecule has 0 atom stereocenters. The SMILES string of the molecule is NNC(=Nc1cc(Cl)ccc1F)Nc1ccccc1. The Kier molecular flexibility index (Phi) is 4.33. The summed E-state index contributed by atoms with van der Waals surface area (Å²) < 4.78 is 13.5. The molecule has 2 rings (SSSR count). The maximum Gasteiger partial charge on any atom is 0.215 e. The van der Waals surface area contributed by atoms with Gasteiger partial charge >= 0.3 is 0 Å². The molecule has 0 spiro atoms. The Balaban J connectivity index is 2.26. The Bertz CT molecular complexity index is 586. The molecule has 0 fully saturated rings. The van der Waals surface area contributed by atoms with E-state index in [1.165, 1.54) is 18.2 Å². The number of hydrazine groups is 1. The van der Waals surface area contributed by atoms with Crippen molar-refractivity contribution in [1.29, 1.82) is 0 Å². The first kappa shape index (κ1) is 13.3. The van der Waals surface area contributed by atoms with E-state index in [2.05, 4.69) is 15.7 Å². The van der Waals surface area contributed by atoms with Gasteiger partial charge in [-0.3, -0.25) is 5.43 Å². The fraction of sp³-hybridized carbons (Fsp3) is 0. The van der Waals surface area contributed by atoms with Crippen molar-refractivity contribution in [2.45, 2.75) is 0 Å². The van der Waals surface area contributed by atoms with Crippen molar-refractivity contribution in [2.24, 2.45) is 10.8 Å². The molecule has 0 aliphatic heterocycles. The zero-order valence-corrected chi connectivity index (χ0v) is 10.7. The molecule has 0 saturated carbocycles. The zero-order chi connectivity index (χ0) is 13.7. The topological polar surface area (TPSA) is 62.4 Å². The van der Waals surface area contributed by atoms with Gasteiger partial charge in [-0.2, -0.15) is 0 Å². The number of para-hydroxylation sites is 1. The number of nitrogens with two attached hydrogens (primary N) is 1. The number of aliphatic imine (C=N–C) groups is 1. The third-order valence-corrected chi connectivity index (χ3v) is 2.55. The second-order valence-corrected chi connectivity index (χ2v) is 4.13. The van der Waals surface area contributed by atoms with Crippen molar-refractivity contribution < 1.29 is 4.39 Å². The summed E-state index contributed by atoms with van der Waals surface area (Å²) in [6, 6.07) is 13.4. The van der Waals surface area contributed by atoms with Crippen molar-refractivity contribution in [3.05, 3.63) is 59.4 Å².